The molecule has 0 saturated carbocycles. The summed E-state index contributed by atoms with van der Waals surface area (Å²) in [7, 11) is 0. The number of para-hydroxylation sites is 1. The summed E-state index contributed by atoms with van der Waals surface area (Å²) in [4.78, 5) is 15.3. The number of hydrogen-bond acceptors (Lipinski definition) is 3. The minimum absolute atomic E-state index is 0.0496. The SMILES string of the molecule is C=CCOc1cccc(C2(C)Nc3ccccc3C(=O)N2C(C)CC)c1. The van der Waals surface area contributed by atoms with Crippen LogP contribution in [0.25, 0.3) is 0 Å². The Bertz CT molecular complexity index is 817. The second-order valence-electron chi connectivity index (χ2n) is 6.80. The average molecular weight is 350 g/mol. The van der Waals surface area contributed by atoms with Crippen LogP contribution in [0.15, 0.2) is 61.2 Å². The van der Waals surface area contributed by atoms with Gasteiger partial charge in [-0.05, 0) is 44.5 Å². The first-order valence-electron chi connectivity index (χ1n) is 9.06. The maximum Gasteiger partial charge on any atom is 0.258 e. The van der Waals surface area contributed by atoms with Crippen LogP contribution in [0.1, 0.15) is 43.1 Å². The van der Waals surface area contributed by atoms with Crippen LogP contribution in [0.2, 0.25) is 0 Å². The Morgan fingerprint density at radius 3 is 2.77 bits per heavy atom. The van der Waals surface area contributed by atoms with E-state index in [0.29, 0.717) is 12.2 Å². The molecule has 2 unspecified atom stereocenters. The lowest BCUT2D eigenvalue weighted by atomic mass is 9.91. The van der Waals surface area contributed by atoms with Gasteiger partial charge in [0.05, 0.1) is 5.56 Å². The summed E-state index contributed by atoms with van der Waals surface area (Å²) in [5.41, 5.74) is 1.90. The molecule has 4 heteroatoms. The fourth-order valence-corrected chi connectivity index (χ4v) is 3.51. The van der Waals surface area contributed by atoms with Gasteiger partial charge in [0.1, 0.15) is 18.0 Å². The van der Waals surface area contributed by atoms with Gasteiger partial charge in [-0.3, -0.25) is 4.79 Å². The van der Waals surface area contributed by atoms with Crippen molar-refractivity contribution >= 4 is 11.6 Å². The summed E-state index contributed by atoms with van der Waals surface area (Å²) in [6.07, 6.45) is 2.59. The largest absolute Gasteiger partial charge is 0.490 e. The first-order chi connectivity index (χ1) is 12.5. The lowest BCUT2D eigenvalue weighted by Gasteiger charge is -2.49. The topological polar surface area (TPSA) is 41.6 Å². The zero-order valence-corrected chi connectivity index (χ0v) is 15.7. The van der Waals surface area contributed by atoms with Crippen molar-refractivity contribution in [3.05, 3.63) is 72.3 Å². The number of ether oxygens (including phenoxy) is 1. The van der Waals surface area contributed by atoms with Crippen LogP contribution in [0.3, 0.4) is 0 Å². The highest BCUT2D eigenvalue weighted by molar-refractivity contribution is 6.02. The van der Waals surface area contributed by atoms with Gasteiger partial charge in [-0.25, -0.2) is 0 Å². The lowest BCUT2D eigenvalue weighted by molar-refractivity contribution is 0.0399. The Morgan fingerprint density at radius 2 is 2.04 bits per heavy atom. The van der Waals surface area contributed by atoms with Crippen LogP contribution in [0.4, 0.5) is 5.69 Å². The molecule has 1 heterocycles. The van der Waals surface area contributed by atoms with Crippen molar-refractivity contribution in [2.75, 3.05) is 11.9 Å². The molecule has 3 rings (SSSR count). The van der Waals surface area contributed by atoms with Crippen LogP contribution in [-0.2, 0) is 5.66 Å². The van der Waals surface area contributed by atoms with E-state index in [1.54, 1.807) is 6.08 Å². The summed E-state index contributed by atoms with van der Waals surface area (Å²) >= 11 is 0. The van der Waals surface area contributed by atoms with Gasteiger partial charge in [0.2, 0.25) is 0 Å². The van der Waals surface area contributed by atoms with E-state index in [-0.39, 0.29) is 11.9 Å². The zero-order valence-electron chi connectivity index (χ0n) is 15.7. The van der Waals surface area contributed by atoms with E-state index in [0.717, 1.165) is 23.4 Å². The number of fused-ring (bicyclic) bond motifs is 1. The third-order valence-corrected chi connectivity index (χ3v) is 5.03. The third-order valence-electron chi connectivity index (χ3n) is 5.03. The van der Waals surface area contributed by atoms with Crippen molar-refractivity contribution in [3.63, 3.8) is 0 Å². The molecule has 0 fully saturated rings. The van der Waals surface area contributed by atoms with Crippen LogP contribution in [0, 0.1) is 0 Å². The Hall–Kier alpha value is -2.75. The van der Waals surface area contributed by atoms with E-state index >= 15 is 0 Å². The molecule has 136 valence electrons. The number of anilines is 1. The van der Waals surface area contributed by atoms with Gasteiger partial charge in [0, 0.05) is 17.3 Å². The number of hydrogen-bond donors (Lipinski definition) is 1. The number of rotatable bonds is 6. The van der Waals surface area contributed by atoms with Gasteiger partial charge in [-0.2, -0.15) is 0 Å². The van der Waals surface area contributed by atoms with Crippen LogP contribution in [0.5, 0.6) is 5.75 Å². The highest BCUT2D eigenvalue weighted by atomic mass is 16.5. The molecule has 0 radical (unpaired) electrons. The number of carbonyl (C=O) groups is 1. The number of nitrogens with one attached hydrogen (secondary N) is 1. The monoisotopic (exact) mass is 350 g/mol. The van der Waals surface area contributed by atoms with E-state index in [9.17, 15) is 4.79 Å². The number of benzene rings is 2. The quantitative estimate of drug-likeness (QED) is 0.762. The first kappa shape index (κ1) is 18.1. The van der Waals surface area contributed by atoms with Gasteiger partial charge in [-0.15, -0.1) is 0 Å². The Morgan fingerprint density at radius 1 is 1.27 bits per heavy atom. The average Bonchev–Trinajstić information content (AvgIpc) is 2.66. The Labute approximate surface area is 155 Å². The summed E-state index contributed by atoms with van der Waals surface area (Å²) in [5.74, 6) is 0.814. The van der Waals surface area contributed by atoms with Crippen LogP contribution < -0.4 is 10.1 Å². The van der Waals surface area contributed by atoms with Crippen molar-refractivity contribution in [3.8, 4) is 5.75 Å². The Balaban J connectivity index is 2.10. The van der Waals surface area contributed by atoms with Gasteiger partial charge < -0.3 is 15.0 Å². The predicted molar refractivity (Wildman–Crippen MR) is 105 cm³/mol. The fourth-order valence-electron chi connectivity index (χ4n) is 3.51. The summed E-state index contributed by atoms with van der Waals surface area (Å²) in [6.45, 7) is 10.4. The molecule has 4 nitrogen and oxygen atoms in total. The normalized spacial score (nSPS) is 20.1. The van der Waals surface area contributed by atoms with Gasteiger partial charge >= 0.3 is 0 Å². The highest BCUT2D eigenvalue weighted by Crippen LogP contribution is 2.40. The molecule has 0 aromatic heterocycles. The molecule has 2 atom stereocenters. The molecular formula is C22H26N2O2. The summed E-state index contributed by atoms with van der Waals surface area (Å²) < 4.78 is 5.70. The molecular weight excluding hydrogens is 324 g/mol. The smallest absolute Gasteiger partial charge is 0.258 e. The number of amides is 1. The molecule has 0 bridgehead atoms. The molecule has 0 saturated heterocycles. The molecule has 0 aliphatic carbocycles. The maximum absolute atomic E-state index is 13.3. The van der Waals surface area contributed by atoms with E-state index in [1.165, 1.54) is 0 Å². The lowest BCUT2D eigenvalue weighted by Crippen LogP contribution is -2.58. The van der Waals surface area contributed by atoms with E-state index in [2.05, 4.69) is 32.7 Å². The molecule has 1 N–H and O–H groups in total. The second kappa shape index (κ2) is 7.24. The van der Waals surface area contributed by atoms with Gasteiger partial charge in [-0.1, -0.05) is 43.8 Å². The molecule has 1 aliphatic rings. The van der Waals surface area contributed by atoms with Crippen molar-refractivity contribution in [2.45, 2.75) is 38.9 Å². The fraction of sp³-hybridized carbons (Fsp3) is 0.318. The maximum atomic E-state index is 13.3. The van der Waals surface area contributed by atoms with Crippen molar-refractivity contribution < 1.29 is 9.53 Å². The minimum atomic E-state index is -0.658. The molecule has 1 aliphatic heterocycles. The minimum Gasteiger partial charge on any atom is -0.490 e. The first-order valence-corrected chi connectivity index (χ1v) is 9.06. The molecule has 1 amide bonds. The van der Waals surface area contributed by atoms with Crippen molar-refractivity contribution in [2.24, 2.45) is 0 Å². The molecule has 0 spiro atoms. The number of carbonyl (C=O) groups excluding carboxylic acids is 1. The Kier molecular flexibility index (Phi) is 5.03. The van der Waals surface area contributed by atoms with Crippen molar-refractivity contribution in [1.82, 2.24) is 4.90 Å². The second-order valence-corrected chi connectivity index (χ2v) is 6.80. The third kappa shape index (κ3) is 3.07. The van der Waals surface area contributed by atoms with E-state index < -0.39 is 5.66 Å². The van der Waals surface area contributed by atoms with E-state index in [4.69, 9.17) is 4.74 Å². The summed E-state index contributed by atoms with van der Waals surface area (Å²) in [5, 5.41) is 3.60. The van der Waals surface area contributed by atoms with Gasteiger partial charge in [0.25, 0.3) is 5.91 Å². The number of nitrogens with zero attached hydrogens (tertiary/aromatic N) is 1. The molecule has 2 aromatic carbocycles. The molecule has 2 aromatic rings. The van der Waals surface area contributed by atoms with Crippen LogP contribution >= 0.6 is 0 Å². The predicted octanol–water partition coefficient (Wildman–Crippen LogP) is 4.79. The van der Waals surface area contributed by atoms with E-state index in [1.807, 2.05) is 53.4 Å². The van der Waals surface area contributed by atoms with Crippen molar-refractivity contribution in [1.29, 1.82) is 0 Å². The standard InChI is InChI=1S/C22H26N2O2/c1-5-14-26-18-11-9-10-17(15-18)22(4)23-20-13-8-7-12-19(20)21(25)24(22)16(3)6-2/h5,7-13,15-16,23H,1,6,14H2,2-4H3. The molecule has 26 heavy (non-hydrogen) atoms. The van der Waals surface area contributed by atoms with Gasteiger partial charge in [0.15, 0.2) is 0 Å². The zero-order chi connectivity index (χ0) is 18.7. The van der Waals surface area contributed by atoms with Crippen LogP contribution in [-0.4, -0.2) is 23.5 Å². The highest BCUT2D eigenvalue weighted by Gasteiger charge is 2.44. The summed E-state index contributed by atoms with van der Waals surface area (Å²) in [6, 6.07) is 15.7.